The van der Waals surface area contributed by atoms with Gasteiger partial charge in [-0.1, -0.05) is 12.1 Å². The Hall–Kier alpha value is -1.31. The van der Waals surface area contributed by atoms with E-state index in [4.69, 9.17) is 0 Å². The van der Waals surface area contributed by atoms with E-state index in [1.807, 2.05) is 18.2 Å². The number of nitrogens with zero attached hydrogens (tertiary/aromatic N) is 1. The van der Waals surface area contributed by atoms with Crippen LogP contribution in [-0.4, -0.2) is 19.4 Å². The molecule has 0 unspecified atom stereocenters. The van der Waals surface area contributed by atoms with E-state index >= 15 is 0 Å². The van der Waals surface area contributed by atoms with Crippen LogP contribution >= 0.6 is 0 Å². The van der Waals surface area contributed by atoms with Crippen LogP contribution in [0.1, 0.15) is 23.2 Å². The summed E-state index contributed by atoms with van der Waals surface area (Å²) in [5.74, 6) is 1.76. The fourth-order valence-corrected chi connectivity index (χ4v) is 2.94. The lowest BCUT2D eigenvalue weighted by Crippen LogP contribution is -2.48. The Morgan fingerprint density at radius 2 is 1.80 bits per heavy atom. The van der Waals surface area contributed by atoms with Crippen molar-refractivity contribution in [3.63, 3.8) is 0 Å². The first kappa shape index (κ1) is 8.96. The number of fused-ring (bicyclic) bond motifs is 2. The molecule has 2 heteroatoms. The molecule has 0 radical (unpaired) electrons. The predicted octanol–water partition coefficient (Wildman–Crippen LogP) is 2.35. The van der Waals surface area contributed by atoms with Crippen LogP contribution in [0.4, 0.5) is 5.69 Å². The van der Waals surface area contributed by atoms with Crippen LogP contribution in [0.2, 0.25) is 0 Å². The molecule has 1 aromatic carbocycles. The molecule has 2 aliphatic heterocycles. The monoisotopic (exact) mass is 201 g/mol. The Morgan fingerprint density at radius 1 is 1.13 bits per heavy atom. The summed E-state index contributed by atoms with van der Waals surface area (Å²) in [5, 5.41) is 0. The number of carbonyl (C=O) groups is 1. The molecular weight excluding hydrogens is 186 g/mol. The van der Waals surface area contributed by atoms with Crippen LogP contribution in [0.15, 0.2) is 24.3 Å². The van der Waals surface area contributed by atoms with E-state index in [-0.39, 0.29) is 0 Å². The van der Waals surface area contributed by atoms with Crippen molar-refractivity contribution < 1.29 is 4.79 Å². The summed E-state index contributed by atoms with van der Waals surface area (Å²) < 4.78 is 0. The number of aldehydes is 1. The Labute approximate surface area is 89.9 Å². The number of benzene rings is 1. The maximum atomic E-state index is 10.9. The lowest BCUT2D eigenvalue weighted by Gasteiger charge is -2.48. The van der Waals surface area contributed by atoms with Gasteiger partial charge in [-0.2, -0.15) is 0 Å². The van der Waals surface area contributed by atoms with Gasteiger partial charge in [0.05, 0.1) is 0 Å². The summed E-state index contributed by atoms with van der Waals surface area (Å²) in [6.45, 7) is 2.28. The molecule has 0 aromatic heterocycles. The average Bonchev–Trinajstić information content (AvgIpc) is 2.28. The lowest BCUT2D eigenvalue weighted by molar-refractivity contribution is 0.112. The normalized spacial score (nSPS) is 28.4. The minimum absolute atomic E-state index is 0.832. The second-order valence-electron chi connectivity index (χ2n) is 4.79. The first-order chi connectivity index (χ1) is 7.36. The van der Waals surface area contributed by atoms with Crippen LogP contribution < -0.4 is 4.90 Å². The number of anilines is 1. The third kappa shape index (κ3) is 1.44. The molecule has 1 aliphatic carbocycles. The van der Waals surface area contributed by atoms with E-state index in [1.165, 1.54) is 12.8 Å². The van der Waals surface area contributed by atoms with Crippen molar-refractivity contribution in [2.24, 2.45) is 11.8 Å². The average molecular weight is 201 g/mol. The van der Waals surface area contributed by atoms with Gasteiger partial charge in [-0.3, -0.25) is 4.79 Å². The highest BCUT2D eigenvalue weighted by Gasteiger charge is 2.37. The van der Waals surface area contributed by atoms with E-state index < -0.39 is 0 Å². The molecule has 15 heavy (non-hydrogen) atoms. The molecule has 1 aromatic rings. The van der Waals surface area contributed by atoms with Crippen LogP contribution in [0.5, 0.6) is 0 Å². The second kappa shape index (κ2) is 3.37. The molecule has 2 heterocycles. The quantitative estimate of drug-likeness (QED) is 0.684. The van der Waals surface area contributed by atoms with Crippen molar-refractivity contribution in [3.8, 4) is 0 Å². The highest BCUT2D eigenvalue weighted by atomic mass is 16.1. The smallest absolute Gasteiger partial charge is 0.152 e. The molecule has 0 N–H and O–H groups in total. The fraction of sp³-hybridized carbons (Fsp3) is 0.462. The molecule has 1 saturated carbocycles. The third-order valence-electron chi connectivity index (χ3n) is 3.69. The molecule has 2 saturated heterocycles. The highest BCUT2D eigenvalue weighted by Crippen LogP contribution is 2.41. The number of hydrogen-bond acceptors (Lipinski definition) is 2. The van der Waals surface area contributed by atoms with E-state index in [2.05, 4.69) is 11.0 Å². The van der Waals surface area contributed by atoms with Gasteiger partial charge in [0.25, 0.3) is 0 Å². The van der Waals surface area contributed by atoms with Gasteiger partial charge < -0.3 is 4.90 Å². The summed E-state index contributed by atoms with van der Waals surface area (Å²) in [6, 6.07) is 7.91. The third-order valence-corrected chi connectivity index (χ3v) is 3.69. The number of rotatable bonds is 2. The van der Waals surface area contributed by atoms with Gasteiger partial charge in [-0.25, -0.2) is 0 Å². The first-order valence-corrected chi connectivity index (χ1v) is 5.66. The summed E-state index contributed by atoms with van der Waals surface area (Å²) in [5.41, 5.74) is 1.96. The SMILES string of the molecule is O=Cc1ccccc1N1CC2CC(C2)C1. The molecule has 0 atom stereocenters. The molecular formula is C13H15NO. The van der Waals surface area contributed by atoms with Gasteiger partial charge >= 0.3 is 0 Å². The van der Waals surface area contributed by atoms with E-state index in [0.29, 0.717) is 0 Å². The van der Waals surface area contributed by atoms with Crippen LogP contribution in [-0.2, 0) is 0 Å². The first-order valence-electron chi connectivity index (χ1n) is 5.66. The largest absolute Gasteiger partial charge is 0.370 e. The minimum Gasteiger partial charge on any atom is -0.370 e. The van der Waals surface area contributed by atoms with Crippen molar-refractivity contribution in [2.75, 3.05) is 18.0 Å². The Balaban J connectivity index is 1.88. The van der Waals surface area contributed by atoms with Crippen molar-refractivity contribution >= 4 is 12.0 Å². The number of piperidine rings is 2. The molecule has 3 aliphatic rings. The summed E-state index contributed by atoms with van der Waals surface area (Å²) in [6.07, 6.45) is 3.77. The van der Waals surface area contributed by atoms with E-state index in [9.17, 15) is 4.79 Å². The molecule has 2 nitrogen and oxygen atoms in total. The Bertz CT molecular complexity index is 372. The highest BCUT2D eigenvalue weighted by molar-refractivity contribution is 5.84. The number of para-hydroxylation sites is 1. The summed E-state index contributed by atoms with van der Waals surface area (Å²) >= 11 is 0. The molecule has 0 amide bonds. The Morgan fingerprint density at radius 3 is 2.47 bits per heavy atom. The fourth-order valence-electron chi connectivity index (χ4n) is 2.94. The zero-order valence-corrected chi connectivity index (χ0v) is 8.73. The molecule has 2 bridgehead atoms. The molecule has 0 spiro atoms. The number of hydrogen-bond donors (Lipinski definition) is 0. The van der Waals surface area contributed by atoms with Gasteiger partial charge in [-0.05, 0) is 36.8 Å². The topological polar surface area (TPSA) is 20.3 Å². The minimum atomic E-state index is 0.832. The summed E-state index contributed by atoms with van der Waals surface area (Å²) in [7, 11) is 0. The lowest BCUT2D eigenvalue weighted by atomic mass is 9.71. The van der Waals surface area contributed by atoms with Crippen LogP contribution in [0.3, 0.4) is 0 Å². The molecule has 3 fully saturated rings. The molecule has 78 valence electrons. The number of carbonyl (C=O) groups excluding carboxylic acids is 1. The zero-order chi connectivity index (χ0) is 10.3. The van der Waals surface area contributed by atoms with Crippen molar-refractivity contribution in [1.82, 2.24) is 0 Å². The zero-order valence-electron chi connectivity index (χ0n) is 8.73. The van der Waals surface area contributed by atoms with Gasteiger partial charge in [0, 0.05) is 24.3 Å². The van der Waals surface area contributed by atoms with Gasteiger partial charge in [0.1, 0.15) is 0 Å². The van der Waals surface area contributed by atoms with E-state index in [0.717, 1.165) is 42.5 Å². The summed E-state index contributed by atoms with van der Waals surface area (Å²) in [4.78, 5) is 13.3. The van der Waals surface area contributed by atoms with Crippen molar-refractivity contribution in [3.05, 3.63) is 29.8 Å². The van der Waals surface area contributed by atoms with Crippen molar-refractivity contribution in [2.45, 2.75) is 12.8 Å². The molecule has 4 rings (SSSR count). The van der Waals surface area contributed by atoms with Crippen LogP contribution in [0.25, 0.3) is 0 Å². The van der Waals surface area contributed by atoms with Gasteiger partial charge in [0.15, 0.2) is 6.29 Å². The van der Waals surface area contributed by atoms with Gasteiger partial charge in [-0.15, -0.1) is 0 Å². The second-order valence-corrected chi connectivity index (χ2v) is 4.79. The van der Waals surface area contributed by atoms with Gasteiger partial charge in [0.2, 0.25) is 0 Å². The van der Waals surface area contributed by atoms with Crippen molar-refractivity contribution in [1.29, 1.82) is 0 Å². The Kier molecular flexibility index (Phi) is 2.01. The standard InChI is InChI=1S/C13H15NO/c15-9-12-3-1-2-4-13(12)14-7-10-5-11(6-10)8-14/h1-4,9-11H,5-8H2. The van der Waals surface area contributed by atoms with Crippen LogP contribution in [0, 0.1) is 11.8 Å². The van der Waals surface area contributed by atoms with E-state index in [1.54, 1.807) is 0 Å². The maximum Gasteiger partial charge on any atom is 0.152 e. The maximum absolute atomic E-state index is 10.9. The predicted molar refractivity (Wildman–Crippen MR) is 60.3 cm³/mol.